The highest BCUT2D eigenvalue weighted by molar-refractivity contribution is 7.11. The lowest BCUT2D eigenvalue weighted by atomic mass is 9.75. The summed E-state index contributed by atoms with van der Waals surface area (Å²) in [6.07, 6.45) is 2.34. The highest BCUT2D eigenvalue weighted by Crippen LogP contribution is 2.42. The number of nitrogens with one attached hydrogen (secondary N) is 2. The van der Waals surface area contributed by atoms with Gasteiger partial charge in [-0.3, -0.25) is 4.99 Å². The zero-order valence-electron chi connectivity index (χ0n) is 19.7. The lowest BCUT2D eigenvalue weighted by molar-refractivity contribution is -0.136. The molecule has 1 saturated carbocycles. The van der Waals surface area contributed by atoms with Gasteiger partial charge in [-0.15, -0.1) is 11.3 Å². The van der Waals surface area contributed by atoms with Crippen LogP contribution in [0.1, 0.15) is 50.2 Å². The van der Waals surface area contributed by atoms with Crippen LogP contribution in [-0.4, -0.2) is 41.6 Å². The van der Waals surface area contributed by atoms with Crippen LogP contribution in [0.4, 0.5) is 9.18 Å². The van der Waals surface area contributed by atoms with Crippen molar-refractivity contribution >= 4 is 40.8 Å². The van der Waals surface area contributed by atoms with Gasteiger partial charge < -0.3 is 20.1 Å². The fraction of sp³-hybridized carbons (Fsp3) is 0.417. The van der Waals surface area contributed by atoms with E-state index in [0.29, 0.717) is 40.5 Å². The third kappa shape index (κ3) is 5.65. The van der Waals surface area contributed by atoms with Crippen molar-refractivity contribution in [1.29, 1.82) is 0 Å². The first-order chi connectivity index (χ1) is 16.6. The summed E-state index contributed by atoms with van der Waals surface area (Å²) in [5.41, 5.74) is 0.801. The van der Waals surface area contributed by atoms with Crippen molar-refractivity contribution in [2.75, 3.05) is 7.11 Å². The molecule has 0 radical (unpaired) electrons. The van der Waals surface area contributed by atoms with Crippen LogP contribution < -0.4 is 10.6 Å². The zero-order chi connectivity index (χ0) is 25.3. The standard InChI is InChI=1S/C24H26ClFN4O4S/c1-24(2,3)34-23(32)28-14-9-12(10-14)18-17(22(31)33-4)19(15-6-5-13(26)11-16(15)25)30-20(29-18)21-27-7-8-35-21/h5-8,11-12,14,19H,9-10H2,1-4H3,(H,28,32)(H,29,30). The molecule has 1 aromatic carbocycles. The molecule has 35 heavy (non-hydrogen) atoms. The molecule has 186 valence electrons. The van der Waals surface area contributed by atoms with Gasteiger partial charge in [0, 0.05) is 39.8 Å². The predicted octanol–water partition coefficient (Wildman–Crippen LogP) is 4.76. The molecule has 0 saturated heterocycles. The highest BCUT2D eigenvalue weighted by Gasteiger charge is 2.41. The van der Waals surface area contributed by atoms with Gasteiger partial charge in [0.2, 0.25) is 0 Å². The second-order valence-corrected chi connectivity index (χ2v) is 10.6. The number of benzene rings is 1. The Morgan fingerprint density at radius 2 is 2.03 bits per heavy atom. The monoisotopic (exact) mass is 520 g/mol. The van der Waals surface area contributed by atoms with E-state index < -0.39 is 29.5 Å². The number of thiazole rings is 1. The van der Waals surface area contributed by atoms with E-state index in [9.17, 15) is 14.0 Å². The van der Waals surface area contributed by atoms with Crippen molar-refractivity contribution in [2.45, 2.75) is 51.3 Å². The van der Waals surface area contributed by atoms with Crippen LogP contribution in [0.5, 0.6) is 0 Å². The quantitative estimate of drug-likeness (QED) is 0.551. The molecule has 0 spiro atoms. The molecular weight excluding hydrogens is 495 g/mol. The van der Waals surface area contributed by atoms with Gasteiger partial charge in [-0.05, 0) is 45.7 Å². The van der Waals surface area contributed by atoms with Crippen molar-refractivity contribution < 1.29 is 23.5 Å². The van der Waals surface area contributed by atoms with Crippen LogP contribution in [-0.2, 0) is 14.3 Å². The second kappa shape index (κ2) is 9.94. The molecule has 2 heterocycles. The molecule has 2 aromatic rings. The maximum absolute atomic E-state index is 13.8. The molecule has 1 aliphatic heterocycles. The van der Waals surface area contributed by atoms with E-state index in [4.69, 9.17) is 26.1 Å². The maximum atomic E-state index is 13.8. The molecule has 1 atom stereocenters. The van der Waals surface area contributed by atoms with Gasteiger partial charge in [0.25, 0.3) is 0 Å². The number of alkyl carbamates (subject to hydrolysis) is 1. The lowest BCUT2D eigenvalue weighted by Gasteiger charge is -2.40. The van der Waals surface area contributed by atoms with Crippen molar-refractivity contribution in [3.05, 3.63) is 62.5 Å². The Kier molecular flexibility index (Phi) is 7.14. The van der Waals surface area contributed by atoms with Crippen LogP contribution in [0.3, 0.4) is 0 Å². The molecule has 1 fully saturated rings. The first kappa shape index (κ1) is 25.1. The third-order valence-electron chi connectivity index (χ3n) is 5.64. The number of methoxy groups -OCH3 is 1. The Morgan fingerprint density at radius 3 is 2.63 bits per heavy atom. The number of rotatable bonds is 5. The van der Waals surface area contributed by atoms with E-state index in [2.05, 4.69) is 15.6 Å². The Balaban J connectivity index is 1.67. The number of halogens is 2. The minimum Gasteiger partial charge on any atom is -0.466 e. The highest BCUT2D eigenvalue weighted by atomic mass is 35.5. The average molecular weight is 521 g/mol. The number of aliphatic imine (C=N–C) groups is 1. The van der Waals surface area contributed by atoms with Crippen LogP contribution >= 0.6 is 22.9 Å². The average Bonchev–Trinajstić information content (AvgIpc) is 3.28. The molecule has 2 N–H and O–H groups in total. The zero-order valence-corrected chi connectivity index (χ0v) is 21.3. The van der Waals surface area contributed by atoms with Gasteiger partial charge in [-0.25, -0.2) is 19.0 Å². The van der Waals surface area contributed by atoms with Crippen molar-refractivity contribution in [3.63, 3.8) is 0 Å². The van der Waals surface area contributed by atoms with Gasteiger partial charge in [-0.2, -0.15) is 0 Å². The fourth-order valence-corrected chi connectivity index (χ4v) is 4.92. The molecule has 8 nitrogen and oxygen atoms in total. The molecule has 1 aromatic heterocycles. The summed E-state index contributed by atoms with van der Waals surface area (Å²) in [6.45, 7) is 5.40. The number of allylic oxidation sites excluding steroid dienone is 1. The molecular formula is C24H26ClFN4O4S. The van der Waals surface area contributed by atoms with Crippen molar-refractivity contribution in [1.82, 2.24) is 15.6 Å². The number of hydrogen-bond acceptors (Lipinski definition) is 8. The summed E-state index contributed by atoms with van der Waals surface area (Å²) < 4.78 is 24.2. The first-order valence-electron chi connectivity index (χ1n) is 11.1. The Bertz CT molecular complexity index is 1190. The predicted molar refractivity (Wildman–Crippen MR) is 131 cm³/mol. The maximum Gasteiger partial charge on any atom is 0.407 e. The van der Waals surface area contributed by atoms with Gasteiger partial charge in [0.05, 0.1) is 12.7 Å². The van der Waals surface area contributed by atoms with Gasteiger partial charge in [-0.1, -0.05) is 17.7 Å². The van der Waals surface area contributed by atoms with Gasteiger partial charge >= 0.3 is 12.1 Å². The first-order valence-corrected chi connectivity index (χ1v) is 12.3. The number of hydrogen-bond donors (Lipinski definition) is 2. The van der Waals surface area contributed by atoms with E-state index in [1.165, 1.54) is 36.6 Å². The molecule has 1 aliphatic carbocycles. The Labute approximate surface area is 211 Å². The number of esters is 1. The molecule has 1 amide bonds. The van der Waals surface area contributed by atoms with Crippen molar-refractivity contribution in [2.24, 2.45) is 10.9 Å². The molecule has 1 unspecified atom stereocenters. The SMILES string of the molecule is COC(=O)C1=C(C2CC(NC(=O)OC(C)(C)C)C2)NC(c2nccs2)=NC1c1ccc(F)cc1Cl. The van der Waals surface area contributed by atoms with Crippen LogP contribution in [0.25, 0.3) is 0 Å². The molecule has 11 heteroatoms. The number of aromatic nitrogens is 1. The lowest BCUT2D eigenvalue weighted by Crippen LogP contribution is -2.49. The second-order valence-electron chi connectivity index (χ2n) is 9.34. The third-order valence-corrected chi connectivity index (χ3v) is 6.75. The van der Waals surface area contributed by atoms with Gasteiger partial charge in [0.1, 0.15) is 17.5 Å². The number of ether oxygens (including phenoxy) is 2. The van der Waals surface area contributed by atoms with Crippen molar-refractivity contribution in [3.8, 4) is 0 Å². The summed E-state index contributed by atoms with van der Waals surface area (Å²) in [5.74, 6) is -0.660. The number of carbonyl (C=O) groups excluding carboxylic acids is 2. The summed E-state index contributed by atoms with van der Waals surface area (Å²) in [4.78, 5) is 34.2. The van der Waals surface area contributed by atoms with E-state index in [1.807, 2.05) is 5.38 Å². The largest absolute Gasteiger partial charge is 0.466 e. The Morgan fingerprint density at radius 1 is 1.29 bits per heavy atom. The summed E-state index contributed by atoms with van der Waals surface area (Å²) >= 11 is 7.77. The summed E-state index contributed by atoms with van der Waals surface area (Å²) in [6, 6.07) is 3.06. The number of amidine groups is 1. The topological polar surface area (TPSA) is 102 Å². The van der Waals surface area contributed by atoms with Gasteiger partial charge in [0.15, 0.2) is 10.8 Å². The fourth-order valence-electron chi connectivity index (χ4n) is 4.06. The number of amides is 1. The van der Waals surface area contributed by atoms with Crippen LogP contribution in [0, 0.1) is 11.7 Å². The molecule has 4 rings (SSSR count). The number of nitrogens with zero attached hydrogens (tertiary/aromatic N) is 2. The molecule has 0 bridgehead atoms. The van der Waals surface area contributed by atoms with Crippen LogP contribution in [0.2, 0.25) is 5.02 Å². The number of carbonyl (C=O) groups is 2. The smallest absolute Gasteiger partial charge is 0.407 e. The van der Waals surface area contributed by atoms with E-state index in [0.717, 1.165) is 0 Å². The van der Waals surface area contributed by atoms with E-state index in [-0.39, 0.29) is 17.0 Å². The minimum absolute atomic E-state index is 0.0868. The van der Waals surface area contributed by atoms with Crippen LogP contribution in [0.15, 0.2) is 46.0 Å². The summed E-state index contributed by atoms with van der Waals surface area (Å²) in [5, 5.41) is 8.76. The van der Waals surface area contributed by atoms with E-state index >= 15 is 0 Å². The molecule has 2 aliphatic rings. The minimum atomic E-state index is -0.816. The normalized spacial score (nSPS) is 22.0. The Hall–Kier alpha value is -2.98. The summed E-state index contributed by atoms with van der Waals surface area (Å²) in [7, 11) is 1.30. The van der Waals surface area contributed by atoms with E-state index in [1.54, 1.807) is 27.0 Å².